The second-order valence-electron chi connectivity index (χ2n) is 5.19. The number of hydrogen-bond donors (Lipinski definition) is 1. The van der Waals surface area contributed by atoms with Crippen molar-refractivity contribution in [1.29, 1.82) is 0 Å². The van der Waals surface area contributed by atoms with E-state index < -0.39 is 5.97 Å². The molecule has 0 aliphatic heterocycles. The Bertz CT molecular complexity index is 421. The van der Waals surface area contributed by atoms with Crippen LogP contribution in [0.4, 0.5) is 0 Å². The minimum absolute atomic E-state index is 0.281. The summed E-state index contributed by atoms with van der Waals surface area (Å²) in [5, 5.41) is 13.4. The predicted octanol–water partition coefficient (Wildman–Crippen LogP) is 2.51. The highest BCUT2D eigenvalue weighted by Gasteiger charge is 2.24. The summed E-state index contributed by atoms with van der Waals surface area (Å²) in [6, 6.07) is 0. The predicted molar refractivity (Wildman–Crippen MR) is 65.3 cm³/mol. The first kappa shape index (κ1) is 12.1. The summed E-state index contributed by atoms with van der Waals surface area (Å²) in [5.74, 6) is -0.266. The summed E-state index contributed by atoms with van der Waals surface area (Å²) >= 11 is 0. The molecule has 1 aromatic heterocycles. The Morgan fingerprint density at radius 2 is 2.12 bits per heavy atom. The standard InChI is InChI=1S/C13H20N2O2/c1-9(2)7-8-15-11-6-4-3-5-10(11)12(14-15)13(16)17/h9H,3-8H2,1-2H3,(H,16,17). The monoisotopic (exact) mass is 236 g/mol. The van der Waals surface area contributed by atoms with Gasteiger partial charge < -0.3 is 5.11 Å². The molecule has 0 atom stereocenters. The van der Waals surface area contributed by atoms with E-state index in [2.05, 4.69) is 18.9 Å². The number of aryl methyl sites for hydroxylation is 1. The van der Waals surface area contributed by atoms with Crippen LogP contribution >= 0.6 is 0 Å². The molecule has 0 radical (unpaired) electrons. The van der Waals surface area contributed by atoms with Crippen LogP contribution in [0.2, 0.25) is 0 Å². The first-order chi connectivity index (χ1) is 8.09. The number of hydrogen-bond acceptors (Lipinski definition) is 2. The molecule has 94 valence electrons. The van der Waals surface area contributed by atoms with Crippen LogP contribution in [0.5, 0.6) is 0 Å². The maximum atomic E-state index is 11.1. The van der Waals surface area contributed by atoms with Gasteiger partial charge in [0, 0.05) is 17.8 Å². The molecule has 1 heterocycles. The molecule has 2 rings (SSSR count). The lowest BCUT2D eigenvalue weighted by molar-refractivity contribution is 0.0688. The van der Waals surface area contributed by atoms with Crippen LogP contribution in [0.15, 0.2) is 0 Å². The number of carboxylic acids is 1. The minimum Gasteiger partial charge on any atom is -0.476 e. The third kappa shape index (κ3) is 2.51. The van der Waals surface area contributed by atoms with Gasteiger partial charge in [0.05, 0.1) is 0 Å². The number of aromatic carboxylic acids is 1. The molecule has 0 amide bonds. The number of carbonyl (C=O) groups is 1. The average molecular weight is 236 g/mol. The van der Waals surface area contributed by atoms with Crippen LogP contribution in [-0.4, -0.2) is 20.9 Å². The first-order valence-electron chi connectivity index (χ1n) is 6.41. The Morgan fingerprint density at radius 3 is 2.76 bits per heavy atom. The molecule has 17 heavy (non-hydrogen) atoms. The van der Waals surface area contributed by atoms with Crippen molar-refractivity contribution in [3.8, 4) is 0 Å². The third-order valence-corrected chi connectivity index (χ3v) is 3.38. The van der Waals surface area contributed by atoms with E-state index in [-0.39, 0.29) is 5.69 Å². The fourth-order valence-corrected chi connectivity index (χ4v) is 2.41. The Hall–Kier alpha value is -1.32. The zero-order chi connectivity index (χ0) is 12.4. The van der Waals surface area contributed by atoms with Crippen LogP contribution in [0.3, 0.4) is 0 Å². The van der Waals surface area contributed by atoms with Gasteiger partial charge in [-0.15, -0.1) is 0 Å². The Morgan fingerprint density at radius 1 is 1.41 bits per heavy atom. The molecular formula is C13H20N2O2. The van der Waals surface area contributed by atoms with Crippen LogP contribution in [-0.2, 0) is 19.4 Å². The summed E-state index contributed by atoms with van der Waals surface area (Å²) in [5.41, 5.74) is 2.42. The number of aromatic nitrogens is 2. The van der Waals surface area contributed by atoms with E-state index in [9.17, 15) is 4.79 Å². The summed E-state index contributed by atoms with van der Waals surface area (Å²) in [4.78, 5) is 11.1. The number of nitrogens with zero attached hydrogens (tertiary/aromatic N) is 2. The SMILES string of the molecule is CC(C)CCn1nc(C(=O)O)c2c1CCCC2. The molecular weight excluding hydrogens is 216 g/mol. The maximum Gasteiger partial charge on any atom is 0.356 e. The maximum absolute atomic E-state index is 11.1. The number of fused-ring (bicyclic) bond motifs is 1. The molecule has 4 nitrogen and oxygen atoms in total. The third-order valence-electron chi connectivity index (χ3n) is 3.38. The van der Waals surface area contributed by atoms with E-state index >= 15 is 0 Å². The minimum atomic E-state index is -0.883. The summed E-state index contributed by atoms with van der Waals surface area (Å²) in [6.45, 7) is 5.19. The largest absolute Gasteiger partial charge is 0.476 e. The molecule has 0 spiro atoms. The van der Waals surface area contributed by atoms with Gasteiger partial charge in [0.25, 0.3) is 0 Å². The smallest absolute Gasteiger partial charge is 0.356 e. The van der Waals surface area contributed by atoms with E-state index in [1.165, 1.54) is 0 Å². The van der Waals surface area contributed by atoms with E-state index in [4.69, 9.17) is 5.11 Å². The zero-order valence-corrected chi connectivity index (χ0v) is 10.6. The van der Waals surface area contributed by atoms with Crippen molar-refractivity contribution in [2.24, 2.45) is 5.92 Å². The van der Waals surface area contributed by atoms with Crippen molar-refractivity contribution in [3.05, 3.63) is 17.0 Å². The molecule has 0 fully saturated rings. The molecule has 1 aromatic rings. The number of rotatable bonds is 4. The molecule has 0 saturated heterocycles. The highest BCUT2D eigenvalue weighted by atomic mass is 16.4. The normalized spacial score (nSPS) is 15.0. The van der Waals surface area contributed by atoms with Gasteiger partial charge >= 0.3 is 5.97 Å². The second kappa shape index (κ2) is 4.90. The lowest BCUT2D eigenvalue weighted by Crippen LogP contribution is -2.10. The van der Waals surface area contributed by atoms with Crippen molar-refractivity contribution in [2.45, 2.75) is 52.5 Å². The molecule has 1 aliphatic carbocycles. The summed E-state index contributed by atoms with van der Waals surface area (Å²) in [7, 11) is 0. The highest BCUT2D eigenvalue weighted by molar-refractivity contribution is 5.87. The van der Waals surface area contributed by atoms with E-state index in [1.807, 2.05) is 4.68 Å². The lowest BCUT2D eigenvalue weighted by atomic mass is 9.95. The van der Waals surface area contributed by atoms with Gasteiger partial charge in [0.1, 0.15) is 0 Å². The van der Waals surface area contributed by atoms with Gasteiger partial charge in [-0.1, -0.05) is 13.8 Å². The lowest BCUT2D eigenvalue weighted by Gasteiger charge is -2.14. The fraction of sp³-hybridized carbons (Fsp3) is 0.692. The van der Waals surface area contributed by atoms with Crippen LogP contribution in [0, 0.1) is 5.92 Å². The van der Waals surface area contributed by atoms with Crippen LogP contribution in [0.1, 0.15) is 54.9 Å². The molecule has 1 aliphatic rings. The fourth-order valence-electron chi connectivity index (χ4n) is 2.41. The van der Waals surface area contributed by atoms with Crippen LogP contribution < -0.4 is 0 Å². The zero-order valence-electron chi connectivity index (χ0n) is 10.6. The molecule has 0 aromatic carbocycles. The Labute approximate surface area is 102 Å². The van der Waals surface area contributed by atoms with Crippen molar-refractivity contribution in [3.63, 3.8) is 0 Å². The first-order valence-corrected chi connectivity index (χ1v) is 6.41. The van der Waals surface area contributed by atoms with Crippen LogP contribution in [0.25, 0.3) is 0 Å². The Balaban J connectivity index is 2.29. The van der Waals surface area contributed by atoms with Crippen molar-refractivity contribution < 1.29 is 9.90 Å². The number of carboxylic acid groups (broad SMARTS) is 1. The second-order valence-corrected chi connectivity index (χ2v) is 5.19. The van der Waals surface area contributed by atoms with Gasteiger partial charge in [-0.3, -0.25) is 4.68 Å². The van der Waals surface area contributed by atoms with E-state index in [0.717, 1.165) is 49.9 Å². The topological polar surface area (TPSA) is 55.1 Å². The summed E-state index contributed by atoms with van der Waals surface area (Å²) < 4.78 is 1.93. The molecule has 0 saturated carbocycles. The summed E-state index contributed by atoms with van der Waals surface area (Å²) in [6.07, 6.45) is 5.14. The van der Waals surface area contributed by atoms with Gasteiger partial charge in [-0.05, 0) is 38.0 Å². The molecule has 0 unspecified atom stereocenters. The van der Waals surface area contributed by atoms with Crippen molar-refractivity contribution in [2.75, 3.05) is 0 Å². The highest BCUT2D eigenvalue weighted by Crippen LogP contribution is 2.25. The average Bonchev–Trinajstić information content (AvgIpc) is 2.65. The van der Waals surface area contributed by atoms with Gasteiger partial charge in [0.15, 0.2) is 5.69 Å². The quantitative estimate of drug-likeness (QED) is 0.873. The van der Waals surface area contributed by atoms with E-state index in [1.54, 1.807) is 0 Å². The van der Waals surface area contributed by atoms with Gasteiger partial charge in [0.2, 0.25) is 0 Å². The molecule has 0 bridgehead atoms. The Kier molecular flexibility index (Phi) is 3.50. The van der Waals surface area contributed by atoms with Crippen molar-refractivity contribution in [1.82, 2.24) is 9.78 Å². The van der Waals surface area contributed by atoms with Gasteiger partial charge in [-0.25, -0.2) is 4.79 Å². The van der Waals surface area contributed by atoms with E-state index in [0.29, 0.717) is 5.92 Å². The van der Waals surface area contributed by atoms with Gasteiger partial charge in [-0.2, -0.15) is 5.10 Å². The molecule has 4 heteroatoms. The van der Waals surface area contributed by atoms with Crippen molar-refractivity contribution >= 4 is 5.97 Å². The molecule has 1 N–H and O–H groups in total.